The Kier molecular flexibility index (Phi) is 6.04. The summed E-state index contributed by atoms with van der Waals surface area (Å²) in [4.78, 5) is 12.5. The van der Waals surface area contributed by atoms with Crippen LogP contribution in [0.15, 0.2) is 47.4 Å². The van der Waals surface area contributed by atoms with E-state index in [-0.39, 0.29) is 15.5 Å². The first-order chi connectivity index (χ1) is 12.9. The van der Waals surface area contributed by atoms with Crippen molar-refractivity contribution in [1.29, 1.82) is 0 Å². The molecule has 0 aromatic heterocycles. The fourth-order valence-corrected chi connectivity index (χ4v) is 4.98. The molecule has 1 aliphatic rings. The number of carbonyl (C=O) groups is 1. The third kappa shape index (κ3) is 4.43. The number of carbonyl (C=O) groups excluding carboxylic acids is 1. The van der Waals surface area contributed by atoms with Crippen molar-refractivity contribution in [3.63, 3.8) is 0 Å². The van der Waals surface area contributed by atoms with E-state index in [4.69, 9.17) is 16.3 Å². The van der Waals surface area contributed by atoms with Crippen LogP contribution in [0.2, 0.25) is 5.02 Å². The molecule has 1 fully saturated rings. The molecule has 6 nitrogen and oxygen atoms in total. The van der Waals surface area contributed by atoms with E-state index in [0.717, 1.165) is 19.3 Å². The van der Waals surface area contributed by atoms with Crippen molar-refractivity contribution >= 4 is 33.2 Å². The molecule has 2 aromatic rings. The number of hydrogen-bond acceptors (Lipinski definition) is 4. The number of amides is 1. The lowest BCUT2D eigenvalue weighted by atomic mass is 10.2. The van der Waals surface area contributed by atoms with Gasteiger partial charge in [0.1, 0.15) is 10.6 Å². The van der Waals surface area contributed by atoms with Crippen LogP contribution in [-0.4, -0.2) is 38.8 Å². The van der Waals surface area contributed by atoms with E-state index in [9.17, 15) is 13.2 Å². The highest BCUT2D eigenvalue weighted by Gasteiger charge is 2.28. The van der Waals surface area contributed by atoms with Crippen LogP contribution < -0.4 is 10.1 Å². The van der Waals surface area contributed by atoms with Crippen LogP contribution in [0.1, 0.15) is 29.6 Å². The topological polar surface area (TPSA) is 75.7 Å². The zero-order valence-corrected chi connectivity index (χ0v) is 16.5. The minimum Gasteiger partial charge on any atom is -0.497 e. The lowest BCUT2D eigenvalue weighted by Crippen LogP contribution is -2.35. The molecule has 0 aliphatic carbocycles. The second kappa shape index (κ2) is 8.29. The molecule has 144 valence electrons. The molecule has 1 heterocycles. The fourth-order valence-electron chi connectivity index (χ4n) is 2.96. The van der Waals surface area contributed by atoms with Crippen molar-refractivity contribution in [3.8, 4) is 5.75 Å². The standard InChI is InChI=1S/C19H21ClN2O4S/c1-26-16-8-6-15(7-9-16)21-19(23)14-5-10-17(20)18(13-14)27(24,25)22-11-3-2-4-12-22/h5-10,13H,2-4,11-12H2,1H3,(H,21,23). The maximum absolute atomic E-state index is 12.9. The van der Waals surface area contributed by atoms with Crippen LogP contribution in [0.3, 0.4) is 0 Å². The van der Waals surface area contributed by atoms with E-state index >= 15 is 0 Å². The second-order valence-electron chi connectivity index (χ2n) is 6.29. The highest BCUT2D eigenvalue weighted by molar-refractivity contribution is 7.89. The van der Waals surface area contributed by atoms with E-state index < -0.39 is 15.9 Å². The Labute approximate surface area is 164 Å². The van der Waals surface area contributed by atoms with E-state index in [1.807, 2.05) is 0 Å². The first-order valence-corrected chi connectivity index (χ1v) is 10.5. The molecular formula is C19H21ClN2O4S. The van der Waals surface area contributed by atoms with Crippen LogP contribution >= 0.6 is 11.6 Å². The van der Waals surface area contributed by atoms with Crippen LogP contribution in [0.5, 0.6) is 5.75 Å². The van der Waals surface area contributed by atoms with Gasteiger partial charge in [0.15, 0.2) is 0 Å². The van der Waals surface area contributed by atoms with Gasteiger partial charge in [0.2, 0.25) is 10.0 Å². The molecule has 1 N–H and O–H groups in total. The zero-order chi connectivity index (χ0) is 19.4. The summed E-state index contributed by atoms with van der Waals surface area (Å²) in [5, 5.41) is 2.85. The predicted octanol–water partition coefficient (Wildman–Crippen LogP) is 3.78. The fraction of sp³-hybridized carbons (Fsp3) is 0.316. The van der Waals surface area contributed by atoms with Crippen LogP contribution in [-0.2, 0) is 10.0 Å². The number of halogens is 1. The highest BCUT2D eigenvalue weighted by atomic mass is 35.5. The van der Waals surface area contributed by atoms with Crippen molar-refractivity contribution in [3.05, 3.63) is 53.1 Å². The number of hydrogen-bond donors (Lipinski definition) is 1. The average molecular weight is 409 g/mol. The molecule has 0 spiro atoms. The van der Waals surface area contributed by atoms with Gasteiger partial charge in [-0.15, -0.1) is 0 Å². The number of benzene rings is 2. The number of piperidine rings is 1. The van der Waals surface area contributed by atoms with E-state index in [1.54, 1.807) is 31.4 Å². The van der Waals surface area contributed by atoms with Crippen molar-refractivity contribution in [2.45, 2.75) is 24.2 Å². The van der Waals surface area contributed by atoms with Gasteiger partial charge < -0.3 is 10.1 Å². The molecule has 3 rings (SSSR count). The minimum atomic E-state index is -3.73. The maximum atomic E-state index is 12.9. The van der Waals surface area contributed by atoms with Gasteiger partial charge >= 0.3 is 0 Å². The monoisotopic (exact) mass is 408 g/mol. The molecule has 0 saturated carbocycles. The summed E-state index contributed by atoms with van der Waals surface area (Å²) >= 11 is 6.15. The van der Waals surface area contributed by atoms with Gasteiger partial charge in [-0.25, -0.2) is 8.42 Å². The molecule has 0 unspecified atom stereocenters. The third-order valence-corrected chi connectivity index (χ3v) is 6.85. The predicted molar refractivity (Wildman–Crippen MR) is 105 cm³/mol. The second-order valence-corrected chi connectivity index (χ2v) is 8.61. The average Bonchev–Trinajstić information content (AvgIpc) is 2.69. The molecule has 1 saturated heterocycles. The van der Waals surface area contributed by atoms with Gasteiger partial charge in [-0.1, -0.05) is 18.0 Å². The Morgan fingerprint density at radius 3 is 2.37 bits per heavy atom. The van der Waals surface area contributed by atoms with Gasteiger partial charge in [0.05, 0.1) is 12.1 Å². The Bertz CT molecular complexity index is 923. The van der Waals surface area contributed by atoms with E-state index in [2.05, 4.69) is 5.32 Å². The van der Waals surface area contributed by atoms with Crippen molar-refractivity contribution < 1.29 is 17.9 Å². The Balaban J connectivity index is 1.84. The Hall–Kier alpha value is -2.09. The number of nitrogens with zero attached hydrogens (tertiary/aromatic N) is 1. The van der Waals surface area contributed by atoms with Crippen molar-refractivity contribution in [2.24, 2.45) is 0 Å². The van der Waals surface area contributed by atoms with Gasteiger partial charge in [0.25, 0.3) is 5.91 Å². The van der Waals surface area contributed by atoms with Crippen molar-refractivity contribution in [2.75, 3.05) is 25.5 Å². The van der Waals surface area contributed by atoms with Gasteiger partial charge in [-0.3, -0.25) is 4.79 Å². The first-order valence-electron chi connectivity index (χ1n) is 8.67. The van der Waals surface area contributed by atoms with Gasteiger partial charge in [-0.05, 0) is 55.3 Å². The maximum Gasteiger partial charge on any atom is 0.255 e. The number of sulfonamides is 1. The summed E-state index contributed by atoms with van der Waals surface area (Å²) in [5.74, 6) is 0.265. The molecular weight excluding hydrogens is 388 g/mol. The van der Waals surface area contributed by atoms with E-state index in [0.29, 0.717) is 24.5 Å². The number of ether oxygens (including phenoxy) is 1. The molecule has 8 heteroatoms. The van der Waals surface area contributed by atoms with Crippen molar-refractivity contribution in [1.82, 2.24) is 4.31 Å². The smallest absolute Gasteiger partial charge is 0.255 e. The largest absolute Gasteiger partial charge is 0.497 e. The molecule has 0 atom stereocenters. The quantitative estimate of drug-likeness (QED) is 0.816. The molecule has 2 aromatic carbocycles. The summed E-state index contributed by atoms with van der Waals surface area (Å²) in [5.41, 5.74) is 0.807. The Morgan fingerprint density at radius 1 is 1.07 bits per heavy atom. The third-order valence-electron chi connectivity index (χ3n) is 4.47. The van der Waals surface area contributed by atoms with Crippen LogP contribution in [0, 0.1) is 0 Å². The Morgan fingerprint density at radius 2 is 1.74 bits per heavy atom. The summed E-state index contributed by atoms with van der Waals surface area (Å²) in [7, 11) is -2.16. The lowest BCUT2D eigenvalue weighted by molar-refractivity contribution is 0.102. The van der Waals surface area contributed by atoms with Gasteiger partial charge in [0, 0.05) is 24.3 Å². The minimum absolute atomic E-state index is 0.0338. The first kappa shape index (κ1) is 19.7. The molecule has 1 aliphatic heterocycles. The summed E-state index contributed by atoms with van der Waals surface area (Å²) in [6.45, 7) is 0.946. The molecule has 1 amide bonds. The van der Waals surface area contributed by atoms with E-state index in [1.165, 1.54) is 22.5 Å². The number of nitrogens with one attached hydrogen (secondary N) is 1. The summed E-state index contributed by atoms with van der Waals surface area (Å²) in [6.07, 6.45) is 2.67. The normalized spacial score (nSPS) is 15.3. The van der Waals surface area contributed by atoms with Crippen LogP contribution in [0.4, 0.5) is 5.69 Å². The summed E-state index contributed by atoms with van der Waals surface area (Å²) < 4.78 is 32.3. The summed E-state index contributed by atoms with van der Waals surface area (Å²) in [6, 6.07) is 11.2. The zero-order valence-electron chi connectivity index (χ0n) is 14.9. The number of methoxy groups -OCH3 is 1. The lowest BCUT2D eigenvalue weighted by Gasteiger charge is -2.26. The SMILES string of the molecule is COc1ccc(NC(=O)c2ccc(Cl)c(S(=O)(=O)N3CCCCC3)c2)cc1. The molecule has 0 bridgehead atoms. The number of rotatable bonds is 5. The van der Waals surface area contributed by atoms with Crippen LogP contribution in [0.25, 0.3) is 0 Å². The molecule has 27 heavy (non-hydrogen) atoms. The molecule has 0 radical (unpaired) electrons. The highest BCUT2D eigenvalue weighted by Crippen LogP contribution is 2.28. The van der Waals surface area contributed by atoms with Gasteiger partial charge in [-0.2, -0.15) is 4.31 Å². The number of anilines is 1.